The van der Waals surface area contributed by atoms with Crippen LogP contribution in [0.25, 0.3) is 11.2 Å². The lowest BCUT2D eigenvalue weighted by atomic mass is 9.85. The fraction of sp³-hybridized carbons (Fsp3) is 0.519. The highest BCUT2D eigenvalue weighted by Crippen LogP contribution is 2.38. The average molecular weight is 591 g/mol. The number of hydrogen-bond acceptors (Lipinski definition) is 8. The molecule has 2 aliphatic rings. The molecule has 1 aliphatic carbocycles. The van der Waals surface area contributed by atoms with Crippen LogP contribution in [0.2, 0.25) is 5.02 Å². The molecule has 1 unspecified atom stereocenters. The number of carbonyl (C=O) groups is 2. The van der Waals surface area contributed by atoms with Gasteiger partial charge in [-0.3, -0.25) is 9.36 Å². The predicted molar refractivity (Wildman–Crippen MR) is 150 cm³/mol. The van der Waals surface area contributed by atoms with Crippen LogP contribution in [0.4, 0.5) is 31.2 Å². The number of fused-ring (bicyclic) bond motifs is 1. The molecule has 1 atom stereocenters. The second kappa shape index (κ2) is 12.0. The number of amides is 2. The van der Waals surface area contributed by atoms with Gasteiger partial charge in [0.25, 0.3) is 0 Å². The number of carbonyl (C=O) groups excluding carboxylic acids is 2. The SMILES string of the molecule is CC(C)OC(=O)N1CCCC(Nc2ncc3nc(Nc4c(F)cc(Cl)cc4F)n(C4CCC(C(N)=O)CC4)c3n2)C1. The zero-order valence-electron chi connectivity index (χ0n) is 22.9. The van der Waals surface area contributed by atoms with Gasteiger partial charge in [-0.2, -0.15) is 4.98 Å². The molecule has 0 radical (unpaired) electrons. The molecular weight excluding hydrogens is 558 g/mol. The van der Waals surface area contributed by atoms with Crippen molar-refractivity contribution in [3.63, 3.8) is 0 Å². The molecule has 0 bridgehead atoms. The van der Waals surface area contributed by atoms with Crippen molar-refractivity contribution in [1.82, 2.24) is 24.4 Å². The summed E-state index contributed by atoms with van der Waals surface area (Å²) in [7, 11) is 0. The number of rotatable bonds is 7. The number of imidazole rings is 1. The first-order valence-corrected chi connectivity index (χ1v) is 14.1. The predicted octanol–water partition coefficient (Wildman–Crippen LogP) is 5.14. The van der Waals surface area contributed by atoms with Gasteiger partial charge in [-0.05, 0) is 64.5 Å². The monoisotopic (exact) mass is 590 g/mol. The minimum absolute atomic E-state index is 0.0656. The van der Waals surface area contributed by atoms with Gasteiger partial charge in [0.2, 0.25) is 17.8 Å². The molecule has 11 nitrogen and oxygen atoms in total. The molecule has 1 saturated carbocycles. The van der Waals surface area contributed by atoms with Crippen molar-refractivity contribution in [2.24, 2.45) is 11.7 Å². The lowest BCUT2D eigenvalue weighted by Crippen LogP contribution is -2.46. The van der Waals surface area contributed by atoms with Gasteiger partial charge in [0.15, 0.2) is 17.3 Å². The molecule has 2 fully saturated rings. The third-order valence-electron chi connectivity index (χ3n) is 7.49. The maximum atomic E-state index is 14.7. The Morgan fingerprint density at radius 2 is 1.83 bits per heavy atom. The molecule has 5 rings (SSSR count). The summed E-state index contributed by atoms with van der Waals surface area (Å²) in [5.74, 6) is -1.77. The summed E-state index contributed by atoms with van der Waals surface area (Å²) >= 11 is 5.81. The van der Waals surface area contributed by atoms with E-state index in [1.807, 2.05) is 13.8 Å². The Kier molecular flexibility index (Phi) is 8.43. The van der Waals surface area contributed by atoms with Crippen LogP contribution in [0.1, 0.15) is 58.4 Å². The first-order chi connectivity index (χ1) is 19.6. The standard InChI is InChI=1S/C27H33ClF2N8O3/c1-14(2)41-27(40)37-9-3-4-17(13-37)33-25-32-12-21-24(36-25)38(18-7-5-15(6-8-18)23(31)39)26(34-21)35-22-19(29)10-16(28)11-20(22)30/h10-12,14-15,17-18H,3-9,13H2,1-2H3,(H2,31,39)(H,34,35)(H,32,33,36). The quantitative estimate of drug-likeness (QED) is 0.344. The fourth-order valence-electron chi connectivity index (χ4n) is 5.51. The molecule has 2 amide bonds. The highest BCUT2D eigenvalue weighted by atomic mass is 35.5. The molecule has 2 aromatic heterocycles. The van der Waals surface area contributed by atoms with Gasteiger partial charge in [0.1, 0.15) is 11.2 Å². The van der Waals surface area contributed by atoms with Gasteiger partial charge in [-0.1, -0.05) is 11.6 Å². The van der Waals surface area contributed by atoms with Crippen LogP contribution in [0.15, 0.2) is 18.3 Å². The zero-order chi connectivity index (χ0) is 29.3. The molecule has 41 heavy (non-hydrogen) atoms. The molecule has 14 heteroatoms. The Morgan fingerprint density at radius 1 is 1.12 bits per heavy atom. The topological polar surface area (TPSA) is 140 Å². The summed E-state index contributed by atoms with van der Waals surface area (Å²) in [6.45, 7) is 4.66. The molecular formula is C27H33ClF2N8O3. The summed E-state index contributed by atoms with van der Waals surface area (Å²) in [5.41, 5.74) is 6.04. The Morgan fingerprint density at radius 3 is 2.49 bits per heavy atom. The highest BCUT2D eigenvalue weighted by Gasteiger charge is 2.30. The average Bonchev–Trinajstić information content (AvgIpc) is 3.27. The summed E-state index contributed by atoms with van der Waals surface area (Å²) in [6, 6.07) is 1.78. The third kappa shape index (κ3) is 6.45. The van der Waals surface area contributed by atoms with Crippen molar-refractivity contribution in [2.75, 3.05) is 23.7 Å². The van der Waals surface area contributed by atoms with Gasteiger partial charge in [0, 0.05) is 36.1 Å². The van der Waals surface area contributed by atoms with Crippen molar-refractivity contribution in [3.05, 3.63) is 35.0 Å². The summed E-state index contributed by atoms with van der Waals surface area (Å²) < 4.78 is 36.5. The van der Waals surface area contributed by atoms with Gasteiger partial charge in [-0.15, -0.1) is 0 Å². The second-order valence-corrected chi connectivity index (χ2v) is 11.3. The number of benzene rings is 1. The van der Waals surface area contributed by atoms with Gasteiger partial charge < -0.3 is 26.0 Å². The Hall–Kier alpha value is -3.74. The minimum atomic E-state index is -0.864. The van der Waals surface area contributed by atoms with Crippen molar-refractivity contribution in [1.29, 1.82) is 0 Å². The number of anilines is 3. The smallest absolute Gasteiger partial charge is 0.410 e. The number of halogens is 3. The zero-order valence-corrected chi connectivity index (χ0v) is 23.6. The molecule has 220 valence electrons. The Balaban J connectivity index is 1.45. The summed E-state index contributed by atoms with van der Waals surface area (Å²) in [5, 5.41) is 6.05. The van der Waals surface area contributed by atoms with E-state index in [2.05, 4.69) is 20.6 Å². The number of piperidine rings is 1. The van der Waals surface area contributed by atoms with Crippen molar-refractivity contribution < 1.29 is 23.1 Å². The molecule has 4 N–H and O–H groups in total. The maximum absolute atomic E-state index is 14.7. The van der Waals surface area contributed by atoms with Crippen LogP contribution < -0.4 is 16.4 Å². The first kappa shape index (κ1) is 28.8. The first-order valence-electron chi connectivity index (χ1n) is 13.8. The molecule has 1 aliphatic heterocycles. The lowest BCUT2D eigenvalue weighted by molar-refractivity contribution is -0.122. The maximum Gasteiger partial charge on any atom is 0.410 e. The van der Waals surface area contributed by atoms with Crippen molar-refractivity contribution in [2.45, 2.75) is 70.6 Å². The van der Waals surface area contributed by atoms with E-state index in [0.717, 1.165) is 25.0 Å². The molecule has 3 heterocycles. The fourth-order valence-corrected chi connectivity index (χ4v) is 5.70. The number of hydrogen-bond donors (Lipinski definition) is 3. The van der Waals surface area contributed by atoms with Crippen LogP contribution in [0, 0.1) is 17.6 Å². The van der Waals surface area contributed by atoms with Crippen LogP contribution in [-0.4, -0.2) is 61.7 Å². The largest absolute Gasteiger partial charge is 0.447 e. The van der Waals surface area contributed by atoms with E-state index in [9.17, 15) is 18.4 Å². The Labute approximate surface area is 240 Å². The van der Waals surface area contributed by atoms with Crippen molar-refractivity contribution >= 4 is 52.3 Å². The van der Waals surface area contributed by atoms with Crippen LogP contribution >= 0.6 is 11.6 Å². The van der Waals surface area contributed by atoms with Crippen molar-refractivity contribution in [3.8, 4) is 0 Å². The second-order valence-electron chi connectivity index (χ2n) is 10.8. The van der Waals surface area contributed by atoms with Gasteiger partial charge in [-0.25, -0.2) is 23.5 Å². The number of primary amides is 1. The van der Waals surface area contributed by atoms with E-state index in [0.29, 0.717) is 55.9 Å². The number of aromatic nitrogens is 4. The molecule has 1 aromatic carbocycles. The lowest BCUT2D eigenvalue weighted by Gasteiger charge is -2.33. The Bertz CT molecular complexity index is 1420. The molecule has 0 spiro atoms. The number of nitrogens with two attached hydrogens (primary N) is 1. The minimum Gasteiger partial charge on any atom is -0.447 e. The number of ether oxygens (including phenoxy) is 1. The van der Waals surface area contributed by atoms with E-state index in [1.165, 1.54) is 0 Å². The molecule has 3 aromatic rings. The van der Waals surface area contributed by atoms with Crippen LogP contribution in [0.3, 0.4) is 0 Å². The summed E-state index contributed by atoms with van der Waals surface area (Å²) in [4.78, 5) is 39.6. The third-order valence-corrected chi connectivity index (χ3v) is 7.71. The van der Waals surface area contributed by atoms with E-state index >= 15 is 0 Å². The van der Waals surface area contributed by atoms with E-state index in [4.69, 9.17) is 27.1 Å². The van der Waals surface area contributed by atoms with Gasteiger partial charge >= 0.3 is 6.09 Å². The number of nitrogens with zero attached hydrogens (tertiary/aromatic N) is 5. The van der Waals surface area contributed by atoms with Crippen LogP contribution in [0.5, 0.6) is 0 Å². The normalized spacial score (nSPS) is 21.2. The van der Waals surface area contributed by atoms with E-state index < -0.39 is 17.3 Å². The number of likely N-dealkylation sites (tertiary alicyclic amines) is 1. The summed E-state index contributed by atoms with van der Waals surface area (Å²) in [6.07, 6.45) is 4.92. The van der Waals surface area contributed by atoms with E-state index in [-0.39, 0.29) is 47.1 Å². The molecule has 1 saturated heterocycles. The highest BCUT2D eigenvalue weighted by molar-refractivity contribution is 6.30. The van der Waals surface area contributed by atoms with Crippen LogP contribution in [-0.2, 0) is 9.53 Å². The van der Waals surface area contributed by atoms with Gasteiger partial charge in [0.05, 0.1) is 12.3 Å². The number of nitrogens with one attached hydrogen (secondary N) is 2. The van der Waals surface area contributed by atoms with E-state index in [1.54, 1.807) is 15.7 Å².